The van der Waals surface area contributed by atoms with Crippen molar-refractivity contribution in [2.24, 2.45) is 0 Å². The third-order valence-corrected chi connectivity index (χ3v) is 7.04. The highest BCUT2D eigenvalue weighted by atomic mass is 35.5. The number of amides is 4. The second-order valence-corrected chi connectivity index (χ2v) is 9.89. The van der Waals surface area contributed by atoms with Crippen LogP contribution in [0, 0.1) is 0 Å². The SMILES string of the molecule is CN1CCN(C(=O)[C@H](CNC(=O)C(=O)Nc2ccc(Cl)cn2)NC(=O)c2nc3c(s2)COCC3)CC1.Cl. The zero-order chi connectivity index (χ0) is 25.7. The molecule has 1 saturated heterocycles. The predicted octanol–water partition coefficient (Wildman–Crippen LogP) is 0.313. The van der Waals surface area contributed by atoms with Gasteiger partial charge in [0, 0.05) is 45.3 Å². The summed E-state index contributed by atoms with van der Waals surface area (Å²) in [7, 11) is 1.96. The van der Waals surface area contributed by atoms with E-state index in [1.807, 2.05) is 7.05 Å². The maximum Gasteiger partial charge on any atom is 0.314 e. The Balaban J connectivity index is 0.00000380. The Labute approximate surface area is 228 Å². The van der Waals surface area contributed by atoms with Gasteiger partial charge in [-0.15, -0.1) is 23.7 Å². The summed E-state index contributed by atoms with van der Waals surface area (Å²) in [5, 5.41) is 8.08. The minimum Gasteiger partial charge on any atom is -0.375 e. The number of nitrogens with one attached hydrogen (secondary N) is 3. The number of nitrogens with zero attached hydrogens (tertiary/aromatic N) is 4. The number of ether oxygens (including phenoxy) is 1. The first-order chi connectivity index (χ1) is 17.3. The van der Waals surface area contributed by atoms with Crippen LogP contribution in [0.3, 0.4) is 0 Å². The molecule has 4 amide bonds. The van der Waals surface area contributed by atoms with Crippen LogP contribution in [-0.2, 0) is 32.1 Å². The molecule has 0 radical (unpaired) electrons. The first-order valence-electron chi connectivity index (χ1n) is 11.4. The number of piperazine rings is 1. The second kappa shape index (κ2) is 13.1. The van der Waals surface area contributed by atoms with Crippen LogP contribution in [0.25, 0.3) is 0 Å². The van der Waals surface area contributed by atoms with Gasteiger partial charge in [-0.05, 0) is 19.2 Å². The summed E-state index contributed by atoms with van der Waals surface area (Å²) < 4.78 is 5.41. The number of carbonyl (C=O) groups is 4. The van der Waals surface area contributed by atoms with E-state index in [1.165, 1.54) is 29.7 Å². The first-order valence-corrected chi connectivity index (χ1v) is 12.5. The molecule has 1 atom stereocenters. The monoisotopic (exact) mass is 571 g/mol. The lowest BCUT2D eigenvalue weighted by atomic mass is 10.2. The van der Waals surface area contributed by atoms with Gasteiger partial charge >= 0.3 is 11.8 Å². The van der Waals surface area contributed by atoms with Crippen LogP contribution in [-0.4, -0.2) is 95.8 Å². The van der Waals surface area contributed by atoms with Crippen molar-refractivity contribution < 1.29 is 23.9 Å². The van der Waals surface area contributed by atoms with Gasteiger partial charge in [0.1, 0.15) is 11.9 Å². The third-order valence-electron chi connectivity index (χ3n) is 5.75. The molecule has 2 aliphatic heterocycles. The molecule has 2 aliphatic rings. The van der Waals surface area contributed by atoms with Crippen molar-refractivity contribution >= 4 is 64.8 Å². The lowest BCUT2D eigenvalue weighted by molar-refractivity contribution is -0.137. The fourth-order valence-corrected chi connectivity index (χ4v) is 4.75. The number of aromatic nitrogens is 2. The molecule has 1 fully saturated rings. The predicted molar refractivity (Wildman–Crippen MR) is 139 cm³/mol. The van der Waals surface area contributed by atoms with Crippen LogP contribution in [0.4, 0.5) is 5.82 Å². The van der Waals surface area contributed by atoms with Gasteiger partial charge in [-0.3, -0.25) is 19.2 Å². The van der Waals surface area contributed by atoms with E-state index in [0.29, 0.717) is 50.8 Å². The van der Waals surface area contributed by atoms with Crippen molar-refractivity contribution in [3.8, 4) is 0 Å². The number of hydrogen-bond donors (Lipinski definition) is 3. The Bertz CT molecular complexity index is 1120. The number of fused-ring (bicyclic) bond motifs is 1. The molecule has 0 aromatic carbocycles. The van der Waals surface area contributed by atoms with Crippen LogP contribution in [0.5, 0.6) is 0 Å². The van der Waals surface area contributed by atoms with E-state index >= 15 is 0 Å². The molecule has 3 N–H and O–H groups in total. The second-order valence-electron chi connectivity index (χ2n) is 8.37. The number of halogens is 2. The van der Waals surface area contributed by atoms with Crippen molar-refractivity contribution in [3.05, 3.63) is 38.9 Å². The van der Waals surface area contributed by atoms with Crippen LogP contribution < -0.4 is 16.0 Å². The minimum atomic E-state index is -1.08. The van der Waals surface area contributed by atoms with Crippen LogP contribution in [0.1, 0.15) is 20.4 Å². The van der Waals surface area contributed by atoms with E-state index < -0.39 is 23.8 Å². The highest BCUT2D eigenvalue weighted by molar-refractivity contribution is 7.13. The molecular weight excluding hydrogens is 545 g/mol. The summed E-state index contributed by atoms with van der Waals surface area (Å²) in [6.45, 7) is 3.02. The number of thiazole rings is 1. The fraction of sp³-hybridized carbons (Fsp3) is 0.455. The van der Waals surface area contributed by atoms with Crippen molar-refractivity contribution in [1.29, 1.82) is 0 Å². The first kappa shape index (κ1) is 28.7. The molecule has 0 aliphatic carbocycles. The fourth-order valence-electron chi connectivity index (χ4n) is 3.69. The molecule has 0 spiro atoms. The standard InChI is InChI=1S/C22H26ClN7O5S.ClH/c1-29-5-7-30(8-6-29)22(34)15(26-20(33)21-27-14-4-9-35-12-16(14)36-21)11-25-18(31)19(32)28-17-3-2-13(23)10-24-17;/h2-3,10,15H,4-9,11-12H2,1H3,(H,25,31)(H,26,33)(H,24,28,32);1H/t15-;/m0./s1. The minimum absolute atomic E-state index is 0. The van der Waals surface area contributed by atoms with E-state index in [4.69, 9.17) is 16.3 Å². The molecular formula is C22H27Cl2N7O5S. The van der Waals surface area contributed by atoms with Crippen LogP contribution in [0.2, 0.25) is 5.02 Å². The van der Waals surface area contributed by atoms with Gasteiger partial charge in [-0.25, -0.2) is 9.97 Å². The number of pyridine rings is 1. The van der Waals surface area contributed by atoms with E-state index in [-0.39, 0.29) is 35.7 Å². The number of carbonyl (C=O) groups excluding carboxylic acids is 4. The molecule has 0 saturated carbocycles. The van der Waals surface area contributed by atoms with Crippen molar-refractivity contribution in [1.82, 2.24) is 30.4 Å². The zero-order valence-electron chi connectivity index (χ0n) is 20.0. The summed E-state index contributed by atoms with van der Waals surface area (Å²) >= 11 is 6.99. The van der Waals surface area contributed by atoms with Gasteiger partial charge in [0.05, 0.1) is 28.8 Å². The van der Waals surface area contributed by atoms with E-state index in [2.05, 4.69) is 30.8 Å². The normalized spacial score (nSPS) is 16.1. The highest BCUT2D eigenvalue weighted by Gasteiger charge is 2.30. The Morgan fingerprint density at radius 2 is 1.92 bits per heavy atom. The Hall–Kier alpha value is -2.84. The third kappa shape index (κ3) is 7.58. The van der Waals surface area contributed by atoms with Crippen molar-refractivity contribution in [2.75, 3.05) is 51.7 Å². The van der Waals surface area contributed by atoms with Gasteiger partial charge in [-0.2, -0.15) is 0 Å². The van der Waals surface area contributed by atoms with Crippen molar-refractivity contribution in [2.45, 2.75) is 19.1 Å². The van der Waals surface area contributed by atoms with Crippen molar-refractivity contribution in [3.63, 3.8) is 0 Å². The van der Waals surface area contributed by atoms with Gasteiger partial charge in [0.15, 0.2) is 5.01 Å². The van der Waals surface area contributed by atoms with Gasteiger partial charge in [0.25, 0.3) is 5.91 Å². The quantitative estimate of drug-likeness (QED) is 0.420. The summed E-state index contributed by atoms with van der Waals surface area (Å²) in [6, 6.07) is 1.89. The maximum absolute atomic E-state index is 13.3. The number of anilines is 1. The molecule has 15 heteroatoms. The molecule has 2 aromatic heterocycles. The molecule has 0 unspecified atom stereocenters. The van der Waals surface area contributed by atoms with Gasteiger partial charge in [-0.1, -0.05) is 11.6 Å². The molecule has 37 heavy (non-hydrogen) atoms. The Morgan fingerprint density at radius 1 is 1.16 bits per heavy atom. The Kier molecular flexibility index (Phi) is 10.2. The smallest absolute Gasteiger partial charge is 0.314 e. The molecule has 2 aromatic rings. The maximum atomic E-state index is 13.3. The van der Waals surface area contributed by atoms with Crippen LogP contribution in [0.15, 0.2) is 18.3 Å². The molecule has 200 valence electrons. The average molecular weight is 572 g/mol. The molecule has 4 rings (SSSR count). The molecule has 4 heterocycles. The average Bonchev–Trinajstić information content (AvgIpc) is 3.32. The van der Waals surface area contributed by atoms with E-state index in [1.54, 1.807) is 4.90 Å². The molecule has 0 bridgehead atoms. The number of hydrogen-bond acceptors (Lipinski definition) is 9. The Morgan fingerprint density at radius 3 is 2.59 bits per heavy atom. The van der Waals surface area contributed by atoms with E-state index in [0.717, 1.165) is 10.6 Å². The lowest BCUT2D eigenvalue weighted by Gasteiger charge is -2.34. The molecule has 12 nitrogen and oxygen atoms in total. The lowest BCUT2D eigenvalue weighted by Crippen LogP contribution is -2.57. The summed E-state index contributed by atoms with van der Waals surface area (Å²) in [5.74, 6) is -2.66. The van der Waals surface area contributed by atoms with Gasteiger partial charge < -0.3 is 30.5 Å². The van der Waals surface area contributed by atoms with Gasteiger partial charge in [0.2, 0.25) is 5.91 Å². The van der Waals surface area contributed by atoms with Crippen LogP contribution >= 0.6 is 35.3 Å². The topological polar surface area (TPSA) is 146 Å². The largest absolute Gasteiger partial charge is 0.375 e. The summed E-state index contributed by atoms with van der Waals surface area (Å²) in [6.07, 6.45) is 1.95. The summed E-state index contributed by atoms with van der Waals surface area (Å²) in [5.41, 5.74) is 0.819. The highest BCUT2D eigenvalue weighted by Crippen LogP contribution is 2.23. The summed E-state index contributed by atoms with van der Waals surface area (Å²) in [4.78, 5) is 63.8. The zero-order valence-corrected chi connectivity index (χ0v) is 22.4. The van der Waals surface area contributed by atoms with E-state index in [9.17, 15) is 19.2 Å². The number of likely N-dealkylation sites (N-methyl/N-ethyl adjacent to an activating group) is 1. The number of rotatable bonds is 6.